The first kappa shape index (κ1) is 17.6. The summed E-state index contributed by atoms with van der Waals surface area (Å²) in [6.07, 6.45) is -0.235. The van der Waals surface area contributed by atoms with Crippen LogP contribution in [-0.2, 0) is 16.0 Å². The van der Waals surface area contributed by atoms with Crippen molar-refractivity contribution in [1.29, 1.82) is 0 Å². The smallest absolute Gasteiger partial charge is 0.339 e. The van der Waals surface area contributed by atoms with Crippen LogP contribution in [0.1, 0.15) is 28.4 Å². The molecule has 1 amide bonds. The van der Waals surface area contributed by atoms with Crippen molar-refractivity contribution in [2.75, 3.05) is 11.4 Å². The second-order valence-electron chi connectivity index (χ2n) is 6.17. The van der Waals surface area contributed by atoms with Gasteiger partial charge in [-0.25, -0.2) is 4.79 Å². The second kappa shape index (κ2) is 6.95. The van der Waals surface area contributed by atoms with Crippen LogP contribution in [-0.4, -0.2) is 29.4 Å². The molecule has 0 aromatic heterocycles. The third-order valence-corrected chi connectivity index (χ3v) is 4.43. The third-order valence-electron chi connectivity index (χ3n) is 4.43. The predicted molar refractivity (Wildman–Crippen MR) is 95.2 cm³/mol. The summed E-state index contributed by atoms with van der Waals surface area (Å²) in [7, 11) is 0. The van der Waals surface area contributed by atoms with Gasteiger partial charge in [-0.1, -0.05) is 24.3 Å². The number of esters is 1. The van der Waals surface area contributed by atoms with E-state index in [1.807, 2.05) is 24.3 Å². The summed E-state index contributed by atoms with van der Waals surface area (Å²) in [6, 6.07) is 11.7. The molecular formula is C19H18N2O5. The molecule has 0 bridgehead atoms. The lowest BCUT2D eigenvalue weighted by atomic mass is 10.1. The zero-order valence-corrected chi connectivity index (χ0v) is 14.5. The summed E-state index contributed by atoms with van der Waals surface area (Å²) in [5.74, 6) is -1.08. The number of nitrogens with zero attached hydrogens (tertiary/aromatic N) is 2. The van der Waals surface area contributed by atoms with E-state index in [-0.39, 0.29) is 17.2 Å². The van der Waals surface area contributed by atoms with Gasteiger partial charge in [-0.15, -0.1) is 0 Å². The third kappa shape index (κ3) is 3.28. The van der Waals surface area contributed by atoms with Crippen molar-refractivity contribution >= 4 is 23.3 Å². The average Bonchev–Trinajstić information content (AvgIpc) is 3.05. The first-order chi connectivity index (χ1) is 12.4. The van der Waals surface area contributed by atoms with Gasteiger partial charge in [-0.2, -0.15) is 0 Å². The summed E-state index contributed by atoms with van der Waals surface area (Å²) in [5, 5.41) is 11.0. The fourth-order valence-electron chi connectivity index (χ4n) is 3.00. The van der Waals surface area contributed by atoms with Crippen LogP contribution in [0.25, 0.3) is 0 Å². The number of benzene rings is 2. The van der Waals surface area contributed by atoms with Crippen LogP contribution in [0.15, 0.2) is 42.5 Å². The SMILES string of the molecule is Cc1ccc(C(=O)O[C@@H](C)C(=O)N2CCc3ccccc32)cc1[N+](=O)[O-]. The van der Waals surface area contributed by atoms with Crippen LogP contribution in [0, 0.1) is 17.0 Å². The van der Waals surface area contributed by atoms with E-state index < -0.39 is 17.0 Å². The Labute approximate surface area is 150 Å². The van der Waals surface area contributed by atoms with Gasteiger partial charge in [-0.05, 0) is 38.0 Å². The van der Waals surface area contributed by atoms with Gasteiger partial charge in [0.25, 0.3) is 11.6 Å². The minimum absolute atomic E-state index is 0.0452. The van der Waals surface area contributed by atoms with Gasteiger partial charge in [0.05, 0.1) is 10.5 Å². The Morgan fingerprint density at radius 1 is 1.23 bits per heavy atom. The molecule has 7 heteroatoms. The average molecular weight is 354 g/mol. The molecule has 0 N–H and O–H groups in total. The van der Waals surface area contributed by atoms with Crippen LogP contribution < -0.4 is 4.90 Å². The highest BCUT2D eigenvalue weighted by molar-refractivity contribution is 6.00. The highest BCUT2D eigenvalue weighted by atomic mass is 16.6. The number of carbonyl (C=O) groups excluding carboxylic acids is 2. The lowest BCUT2D eigenvalue weighted by Crippen LogP contribution is -2.39. The minimum atomic E-state index is -0.992. The van der Waals surface area contributed by atoms with Gasteiger partial charge < -0.3 is 9.64 Å². The Balaban J connectivity index is 1.73. The fraction of sp³-hybridized carbons (Fsp3) is 0.263. The molecule has 0 spiro atoms. The van der Waals surface area contributed by atoms with Gasteiger partial charge in [-0.3, -0.25) is 14.9 Å². The van der Waals surface area contributed by atoms with Crippen LogP contribution >= 0.6 is 0 Å². The number of aryl methyl sites for hydroxylation is 1. The fourth-order valence-corrected chi connectivity index (χ4v) is 3.00. The largest absolute Gasteiger partial charge is 0.449 e. The maximum Gasteiger partial charge on any atom is 0.339 e. The Morgan fingerprint density at radius 3 is 2.69 bits per heavy atom. The molecule has 0 saturated heterocycles. The molecule has 0 unspecified atom stereocenters. The van der Waals surface area contributed by atoms with E-state index in [0.29, 0.717) is 12.1 Å². The van der Waals surface area contributed by atoms with Crippen molar-refractivity contribution in [3.63, 3.8) is 0 Å². The van der Waals surface area contributed by atoms with Gasteiger partial charge in [0, 0.05) is 23.9 Å². The lowest BCUT2D eigenvalue weighted by molar-refractivity contribution is -0.385. The Bertz CT molecular complexity index is 893. The number of fused-ring (bicyclic) bond motifs is 1. The van der Waals surface area contributed by atoms with Gasteiger partial charge in [0.1, 0.15) is 0 Å². The Hall–Kier alpha value is -3.22. The van der Waals surface area contributed by atoms with Crippen molar-refractivity contribution in [2.45, 2.75) is 26.4 Å². The van der Waals surface area contributed by atoms with Gasteiger partial charge >= 0.3 is 5.97 Å². The Morgan fingerprint density at radius 2 is 1.96 bits per heavy atom. The molecule has 2 aromatic rings. The molecule has 2 aromatic carbocycles. The molecule has 1 aliphatic rings. The van der Waals surface area contributed by atoms with E-state index in [0.717, 1.165) is 17.7 Å². The van der Waals surface area contributed by atoms with E-state index in [1.165, 1.54) is 25.1 Å². The molecule has 0 aliphatic carbocycles. The first-order valence-electron chi connectivity index (χ1n) is 8.24. The predicted octanol–water partition coefficient (Wildman–Crippen LogP) is 3.04. The van der Waals surface area contributed by atoms with Crippen LogP contribution in [0.4, 0.5) is 11.4 Å². The molecule has 1 atom stereocenters. The number of hydrogen-bond acceptors (Lipinski definition) is 5. The van der Waals surface area contributed by atoms with Crippen molar-refractivity contribution in [3.05, 3.63) is 69.3 Å². The highest BCUT2D eigenvalue weighted by Crippen LogP contribution is 2.28. The van der Waals surface area contributed by atoms with Crippen LogP contribution in [0.5, 0.6) is 0 Å². The van der Waals surface area contributed by atoms with Crippen LogP contribution in [0.2, 0.25) is 0 Å². The standard InChI is InChI=1S/C19H18N2O5/c1-12-7-8-15(11-17(12)21(24)25)19(23)26-13(2)18(22)20-10-9-14-5-3-4-6-16(14)20/h3-8,11,13H,9-10H2,1-2H3/t13-/m0/s1. The quantitative estimate of drug-likeness (QED) is 0.478. The number of amides is 1. The summed E-state index contributed by atoms with van der Waals surface area (Å²) in [4.78, 5) is 37.0. The van der Waals surface area contributed by atoms with Crippen molar-refractivity contribution in [2.24, 2.45) is 0 Å². The molecule has 0 fully saturated rings. The number of hydrogen-bond donors (Lipinski definition) is 0. The summed E-state index contributed by atoms with van der Waals surface area (Å²) >= 11 is 0. The zero-order valence-electron chi connectivity index (χ0n) is 14.5. The summed E-state index contributed by atoms with van der Waals surface area (Å²) in [6.45, 7) is 3.63. The van der Waals surface area contributed by atoms with E-state index in [1.54, 1.807) is 11.8 Å². The van der Waals surface area contributed by atoms with Crippen molar-refractivity contribution in [1.82, 2.24) is 0 Å². The maximum absolute atomic E-state index is 12.6. The zero-order chi connectivity index (χ0) is 18.8. The van der Waals surface area contributed by atoms with E-state index in [4.69, 9.17) is 4.74 Å². The number of nitro groups is 1. The number of para-hydroxylation sites is 1. The van der Waals surface area contributed by atoms with E-state index in [2.05, 4.69) is 0 Å². The van der Waals surface area contributed by atoms with E-state index in [9.17, 15) is 19.7 Å². The topological polar surface area (TPSA) is 89.8 Å². The van der Waals surface area contributed by atoms with Crippen molar-refractivity contribution in [3.8, 4) is 0 Å². The molecule has 1 aliphatic heterocycles. The molecular weight excluding hydrogens is 336 g/mol. The maximum atomic E-state index is 12.6. The van der Waals surface area contributed by atoms with Gasteiger partial charge in [0.15, 0.2) is 6.10 Å². The number of carbonyl (C=O) groups is 2. The number of ether oxygens (including phenoxy) is 1. The van der Waals surface area contributed by atoms with E-state index >= 15 is 0 Å². The number of anilines is 1. The minimum Gasteiger partial charge on any atom is -0.449 e. The molecule has 134 valence electrons. The lowest BCUT2D eigenvalue weighted by Gasteiger charge is -2.21. The summed E-state index contributed by atoms with van der Waals surface area (Å²) in [5.41, 5.74) is 2.24. The second-order valence-corrected chi connectivity index (χ2v) is 6.17. The molecule has 1 heterocycles. The molecule has 0 radical (unpaired) electrons. The molecule has 0 saturated carbocycles. The monoisotopic (exact) mass is 354 g/mol. The molecule has 3 rings (SSSR count). The normalized spacial score (nSPS) is 13.8. The van der Waals surface area contributed by atoms with Crippen LogP contribution in [0.3, 0.4) is 0 Å². The number of rotatable bonds is 4. The molecule has 7 nitrogen and oxygen atoms in total. The summed E-state index contributed by atoms with van der Waals surface area (Å²) < 4.78 is 5.25. The van der Waals surface area contributed by atoms with Crippen molar-refractivity contribution < 1.29 is 19.2 Å². The number of nitro benzene ring substituents is 1. The van der Waals surface area contributed by atoms with Gasteiger partial charge in [0.2, 0.25) is 0 Å². The first-order valence-corrected chi connectivity index (χ1v) is 8.24. The highest BCUT2D eigenvalue weighted by Gasteiger charge is 2.30. The molecule has 26 heavy (non-hydrogen) atoms. The Kier molecular flexibility index (Phi) is 4.71.